The highest BCUT2D eigenvalue weighted by Gasteiger charge is 2.32. The highest BCUT2D eigenvalue weighted by Crippen LogP contribution is 2.39. The summed E-state index contributed by atoms with van der Waals surface area (Å²) in [4.78, 5) is 24.1. The molecule has 1 amide bonds. The molecular formula is C16H20NO3S-. The summed E-state index contributed by atoms with van der Waals surface area (Å²) in [5, 5.41) is 10.5. The molecule has 1 saturated heterocycles. The van der Waals surface area contributed by atoms with E-state index in [0.29, 0.717) is 5.75 Å². The second kappa shape index (κ2) is 6.10. The van der Waals surface area contributed by atoms with E-state index < -0.39 is 5.97 Å². The smallest absolute Gasteiger partial charge is 0.233 e. The van der Waals surface area contributed by atoms with Gasteiger partial charge < -0.3 is 14.8 Å². The summed E-state index contributed by atoms with van der Waals surface area (Å²) in [7, 11) is 0. The summed E-state index contributed by atoms with van der Waals surface area (Å²) in [5.74, 6) is -0.730. The van der Waals surface area contributed by atoms with Crippen molar-refractivity contribution >= 4 is 23.6 Å². The molecule has 0 unspecified atom stereocenters. The van der Waals surface area contributed by atoms with Crippen molar-refractivity contribution in [2.75, 3.05) is 12.3 Å². The maximum absolute atomic E-state index is 11.9. The second-order valence-corrected chi connectivity index (χ2v) is 7.31. The quantitative estimate of drug-likeness (QED) is 0.849. The van der Waals surface area contributed by atoms with E-state index in [1.807, 2.05) is 12.1 Å². The molecule has 5 heteroatoms. The van der Waals surface area contributed by atoms with Crippen LogP contribution in [0.2, 0.25) is 0 Å². The van der Waals surface area contributed by atoms with Crippen LogP contribution in [0.5, 0.6) is 0 Å². The van der Waals surface area contributed by atoms with Crippen molar-refractivity contribution < 1.29 is 14.7 Å². The maximum Gasteiger partial charge on any atom is 0.233 e. The van der Waals surface area contributed by atoms with Gasteiger partial charge in [0.2, 0.25) is 5.91 Å². The predicted molar refractivity (Wildman–Crippen MR) is 81.7 cm³/mol. The first-order valence-corrected chi connectivity index (χ1v) is 8.05. The van der Waals surface area contributed by atoms with Crippen LogP contribution in [0.1, 0.15) is 43.7 Å². The largest absolute Gasteiger partial charge is 0.550 e. The van der Waals surface area contributed by atoms with Crippen LogP contribution in [0.25, 0.3) is 0 Å². The monoisotopic (exact) mass is 306 g/mol. The third kappa shape index (κ3) is 3.79. The first-order chi connectivity index (χ1) is 9.79. The van der Waals surface area contributed by atoms with Crippen molar-refractivity contribution in [1.82, 2.24) is 4.90 Å². The third-order valence-electron chi connectivity index (χ3n) is 3.59. The van der Waals surface area contributed by atoms with Crippen molar-refractivity contribution in [2.24, 2.45) is 0 Å². The standard InChI is InChI=1S/C16H21NO3S/c1-16(2,3)12-6-4-11(5-7-12)15-17(9-8-14(19)20)13(18)10-21-15/h4-7,15H,8-10H2,1-3H3,(H,19,20)/p-1/t15-/m1/s1. The Morgan fingerprint density at radius 3 is 2.48 bits per heavy atom. The normalized spacial score (nSPS) is 19.1. The zero-order chi connectivity index (χ0) is 15.6. The molecule has 4 nitrogen and oxygen atoms in total. The van der Waals surface area contributed by atoms with Gasteiger partial charge in [-0.2, -0.15) is 0 Å². The SMILES string of the molecule is CC(C)(C)c1ccc([C@H]2SCC(=O)N2CCC(=O)[O-])cc1. The van der Waals surface area contributed by atoms with Crippen LogP contribution in [0.3, 0.4) is 0 Å². The molecule has 0 bridgehead atoms. The summed E-state index contributed by atoms with van der Waals surface area (Å²) in [6, 6.07) is 8.22. The van der Waals surface area contributed by atoms with Crippen molar-refractivity contribution in [1.29, 1.82) is 0 Å². The molecule has 0 spiro atoms. The van der Waals surface area contributed by atoms with Gasteiger partial charge in [-0.3, -0.25) is 4.79 Å². The molecule has 1 aromatic carbocycles. The van der Waals surface area contributed by atoms with Gasteiger partial charge in [0.25, 0.3) is 0 Å². The lowest BCUT2D eigenvalue weighted by atomic mass is 9.86. The zero-order valence-electron chi connectivity index (χ0n) is 12.6. The molecule has 1 fully saturated rings. The van der Waals surface area contributed by atoms with E-state index in [4.69, 9.17) is 0 Å². The van der Waals surface area contributed by atoms with Crippen LogP contribution in [-0.4, -0.2) is 29.1 Å². The van der Waals surface area contributed by atoms with Crippen LogP contribution in [-0.2, 0) is 15.0 Å². The minimum atomic E-state index is -1.12. The van der Waals surface area contributed by atoms with E-state index >= 15 is 0 Å². The fourth-order valence-electron chi connectivity index (χ4n) is 2.33. The molecule has 21 heavy (non-hydrogen) atoms. The number of benzene rings is 1. The Hall–Kier alpha value is -1.49. The van der Waals surface area contributed by atoms with Crippen LogP contribution < -0.4 is 5.11 Å². The van der Waals surface area contributed by atoms with E-state index in [2.05, 4.69) is 32.9 Å². The molecular weight excluding hydrogens is 286 g/mol. The Bertz CT molecular complexity index is 533. The molecule has 0 N–H and O–H groups in total. The summed E-state index contributed by atoms with van der Waals surface area (Å²) in [6.07, 6.45) is -0.122. The van der Waals surface area contributed by atoms with Gasteiger partial charge in [0.15, 0.2) is 0 Å². The highest BCUT2D eigenvalue weighted by atomic mass is 32.2. The minimum Gasteiger partial charge on any atom is -0.550 e. The summed E-state index contributed by atoms with van der Waals surface area (Å²) in [5.41, 5.74) is 2.37. The fraction of sp³-hybridized carbons (Fsp3) is 0.500. The number of aliphatic carboxylic acids is 1. The number of carboxylic acid groups (broad SMARTS) is 1. The topological polar surface area (TPSA) is 60.4 Å². The number of rotatable bonds is 4. The maximum atomic E-state index is 11.9. The molecule has 1 aliphatic rings. The second-order valence-electron chi connectivity index (χ2n) is 6.24. The number of hydrogen-bond donors (Lipinski definition) is 0. The molecule has 2 rings (SSSR count). The Labute approximate surface area is 129 Å². The van der Waals surface area contributed by atoms with Crippen LogP contribution in [0, 0.1) is 0 Å². The lowest BCUT2D eigenvalue weighted by Crippen LogP contribution is -2.33. The van der Waals surface area contributed by atoms with E-state index in [1.54, 1.807) is 4.90 Å². The number of nitrogens with zero attached hydrogens (tertiary/aromatic N) is 1. The average molecular weight is 306 g/mol. The van der Waals surface area contributed by atoms with E-state index in [0.717, 1.165) is 5.56 Å². The van der Waals surface area contributed by atoms with Crippen molar-refractivity contribution in [3.8, 4) is 0 Å². The molecule has 1 atom stereocenters. The van der Waals surface area contributed by atoms with Gasteiger partial charge in [-0.05, 0) is 16.5 Å². The third-order valence-corrected chi connectivity index (χ3v) is 4.84. The Balaban J connectivity index is 2.16. The highest BCUT2D eigenvalue weighted by molar-refractivity contribution is 8.00. The summed E-state index contributed by atoms with van der Waals surface area (Å²) < 4.78 is 0. The average Bonchev–Trinajstić information content (AvgIpc) is 2.77. The summed E-state index contributed by atoms with van der Waals surface area (Å²) in [6.45, 7) is 6.67. The minimum absolute atomic E-state index is 0.00820. The number of hydrogen-bond acceptors (Lipinski definition) is 4. The predicted octanol–water partition coefficient (Wildman–Crippen LogP) is 1.70. The van der Waals surface area contributed by atoms with Crippen molar-refractivity contribution in [3.05, 3.63) is 35.4 Å². The first kappa shape index (κ1) is 15.9. The summed E-state index contributed by atoms with van der Waals surface area (Å²) >= 11 is 1.54. The Morgan fingerprint density at radius 1 is 1.33 bits per heavy atom. The Kier molecular flexibility index (Phi) is 4.61. The number of carbonyl (C=O) groups excluding carboxylic acids is 2. The zero-order valence-corrected chi connectivity index (χ0v) is 13.4. The molecule has 0 radical (unpaired) electrons. The van der Waals surface area contributed by atoms with E-state index in [-0.39, 0.29) is 29.7 Å². The molecule has 1 aromatic rings. The number of carboxylic acids is 1. The first-order valence-electron chi connectivity index (χ1n) is 7.00. The lowest BCUT2D eigenvalue weighted by molar-refractivity contribution is -0.305. The number of thioether (sulfide) groups is 1. The van der Waals surface area contributed by atoms with Gasteiger partial charge in [0.1, 0.15) is 5.37 Å². The van der Waals surface area contributed by atoms with E-state index in [1.165, 1.54) is 17.3 Å². The molecule has 1 aliphatic heterocycles. The van der Waals surface area contributed by atoms with Gasteiger partial charge in [-0.1, -0.05) is 45.0 Å². The van der Waals surface area contributed by atoms with E-state index in [9.17, 15) is 14.7 Å². The molecule has 0 aromatic heterocycles. The van der Waals surface area contributed by atoms with Gasteiger partial charge in [-0.15, -0.1) is 11.8 Å². The van der Waals surface area contributed by atoms with Gasteiger partial charge >= 0.3 is 0 Å². The molecule has 0 aliphatic carbocycles. The van der Waals surface area contributed by atoms with Crippen molar-refractivity contribution in [3.63, 3.8) is 0 Å². The number of amides is 1. The molecule has 0 saturated carbocycles. The van der Waals surface area contributed by atoms with Gasteiger partial charge in [-0.25, -0.2) is 0 Å². The molecule has 114 valence electrons. The molecule has 1 heterocycles. The Morgan fingerprint density at radius 2 is 1.95 bits per heavy atom. The van der Waals surface area contributed by atoms with Gasteiger partial charge in [0, 0.05) is 18.9 Å². The van der Waals surface area contributed by atoms with Crippen LogP contribution in [0.4, 0.5) is 0 Å². The fourth-order valence-corrected chi connectivity index (χ4v) is 3.55. The van der Waals surface area contributed by atoms with Gasteiger partial charge in [0.05, 0.1) is 5.75 Å². The lowest BCUT2D eigenvalue weighted by Gasteiger charge is -2.25. The van der Waals surface area contributed by atoms with Crippen molar-refractivity contribution in [2.45, 2.75) is 38.0 Å². The number of carbonyl (C=O) groups is 2. The van der Waals surface area contributed by atoms with Crippen LogP contribution >= 0.6 is 11.8 Å². The van der Waals surface area contributed by atoms with Crippen LogP contribution in [0.15, 0.2) is 24.3 Å².